The number of rotatable bonds is 24. The quantitative estimate of drug-likeness (QED) is 0.0847. The maximum absolute atomic E-state index is 5.05. The molecule has 486 valence electrons. The number of ether oxygens (including phenoxy) is 15. The molecular formula is C61H152O15. The van der Waals surface area contributed by atoms with Gasteiger partial charge in [-0.3, -0.25) is 0 Å². The summed E-state index contributed by atoms with van der Waals surface area (Å²) in [6.07, 6.45) is 15.2. The van der Waals surface area contributed by atoms with Gasteiger partial charge in [0.15, 0.2) is 0 Å². The van der Waals surface area contributed by atoms with Crippen molar-refractivity contribution in [3.05, 3.63) is 0 Å². The fourth-order valence-electron chi connectivity index (χ4n) is 2.79. The topological polar surface area (TPSA) is 138 Å². The summed E-state index contributed by atoms with van der Waals surface area (Å²) in [7, 11) is 31.9. The fraction of sp³-hybridized carbons (Fsp3) is 1.00. The van der Waals surface area contributed by atoms with E-state index in [4.69, 9.17) is 47.4 Å². The first-order valence-corrected chi connectivity index (χ1v) is 28.0. The van der Waals surface area contributed by atoms with Crippen LogP contribution < -0.4 is 0 Å². The molecule has 0 aromatic carbocycles. The molecule has 0 saturated carbocycles. The Balaban J connectivity index is -0.0000000407. The fourth-order valence-corrected chi connectivity index (χ4v) is 2.79. The summed E-state index contributed by atoms with van der Waals surface area (Å²) in [4.78, 5) is 0. The van der Waals surface area contributed by atoms with E-state index in [9.17, 15) is 0 Å². The Labute approximate surface area is 481 Å². The van der Waals surface area contributed by atoms with Gasteiger partial charge in [0.25, 0.3) is 0 Å². The van der Waals surface area contributed by atoms with Gasteiger partial charge in [0.1, 0.15) is 0 Å². The highest BCUT2D eigenvalue weighted by Crippen LogP contribution is 2.02. The molecule has 0 radical (unpaired) electrons. The van der Waals surface area contributed by atoms with Crippen molar-refractivity contribution in [2.24, 2.45) is 11.8 Å². The third-order valence-electron chi connectivity index (χ3n) is 7.19. The average Bonchev–Trinajstić information content (AvgIpc) is 3.38. The summed E-state index contributed by atoms with van der Waals surface area (Å²) in [5, 5.41) is 0. The van der Waals surface area contributed by atoms with E-state index in [1.54, 1.807) is 135 Å². The molecule has 15 nitrogen and oxygen atoms in total. The zero-order valence-electron chi connectivity index (χ0n) is 59.1. The molecule has 0 unspecified atom stereocenters. The summed E-state index contributed by atoms with van der Waals surface area (Å²) in [6, 6.07) is 0. The molecule has 0 rings (SSSR count). The van der Waals surface area contributed by atoms with Gasteiger partial charge in [-0.25, -0.2) is 0 Å². The van der Waals surface area contributed by atoms with Gasteiger partial charge in [-0.2, -0.15) is 0 Å². The van der Waals surface area contributed by atoms with E-state index < -0.39 is 0 Å². The van der Waals surface area contributed by atoms with Crippen molar-refractivity contribution in [3.8, 4) is 0 Å². The Bertz CT molecular complexity index is 597. The van der Waals surface area contributed by atoms with Crippen LogP contribution in [0.15, 0.2) is 0 Å². The SMILES string of the molecule is CCC(CC)OC.CCCCCOC.CCCCOC.CCCCOC.CCCOC.CCCOC.CCOC.COC.COC.COC.COC.COC(C)(C)C.COC(C)C.COCC(C)C.COCCC(C)C. The molecule has 0 atom stereocenters. The first-order chi connectivity index (χ1) is 35.9. The Morgan fingerprint density at radius 1 is 0.316 bits per heavy atom. The second-order valence-electron chi connectivity index (χ2n) is 17.9. The zero-order valence-corrected chi connectivity index (χ0v) is 59.1. The van der Waals surface area contributed by atoms with Gasteiger partial charge in [0.2, 0.25) is 0 Å². The van der Waals surface area contributed by atoms with E-state index in [0.717, 1.165) is 84.5 Å². The van der Waals surface area contributed by atoms with E-state index in [1.807, 2.05) is 41.5 Å². The highest BCUT2D eigenvalue weighted by atomic mass is 16.5. The van der Waals surface area contributed by atoms with Crippen molar-refractivity contribution in [3.63, 3.8) is 0 Å². The molecule has 0 aliphatic carbocycles. The standard InChI is InChI=1S/3C6H14O.4C5H12O.3C4H10O.C3H8O.4C2H6O/c1-6(2)4-5-7-3;1-4-6(5-2)7-3;1-3-4-5-6-7-2;1-5(2)4-6-3;1-5(2,3)6-4;2*1-3-4-5-6-2;1-4(2)5-3;2*1-3-4-5-2;1-3-4-2;4*1-3-2/h2*6H,4-5H2,1-3H3;3-6H2,1-2H3;5H,4H2,1-3H3;1-4H3;2*3-5H2,1-2H3;4H,1-3H3;2*3-4H2,1-2H3;3H2,1-2H3;4*1-2H3. The van der Waals surface area contributed by atoms with E-state index in [-0.39, 0.29) is 5.60 Å². The van der Waals surface area contributed by atoms with Gasteiger partial charge in [-0.05, 0) is 105 Å². The normalized spacial score (nSPS) is 9.00. The van der Waals surface area contributed by atoms with Gasteiger partial charge >= 0.3 is 0 Å². The minimum absolute atomic E-state index is 0.0417. The summed E-state index contributed by atoms with van der Waals surface area (Å²) in [5.74, 6) is 1.45. The molecule has 0 saturated heterocycles. The number of methoxy groups -OCH3 is 15. The third-order valence-corrected chi connectivity index (χ3v) is 7.19. The lowest BCUT2D eigenvalue weighted by Crippen LogP contribution is -2.15. The molecule has 76 heavy (non-hydrogen) atoms. The first kappa shape index (κ1) is 114. The smallest absolute Gasteiger partial charge is 0.0594 e. The summed E-state index contributed by atoms with van der Waals surface area (Å²) in [5.41, 5.74) is 0.0417. The van der Waals surface area contributed by atoms with Gasteiger partial charge in [0, 0.05) is 188 Å². The predicted octanol–water partition coefficient (Wildman–Crippen LogP) is 15.7. The van der Waals surface area contributed by atoms with Crippen molar-refractivity contribution in [1.29, 1.82) is 0 Å². The van der Waals surface area contributed by atoms with Crippen molar-refractivity contribution in [1.82, 2.24) is 0 Å². The van der Waals surface area contributed by atoms with E-state index in [0.29, 0.717) is 18.1 Å². The third kappa shape index (κ3) is 367. The number of hydrogen-bond acceptors (Lipinski definition) is 15. The maximum Gasteiger partial charge on any atom is 0.0594 e. The Morgan fingerprint density at radius 2 is 0.579 bits per heavy atom. The van der Waals surface area contributed by atoms with Crippen LogP contribution in [-0.4, -0.2) is 206 Å². The number of unbranched alkanes of at least 4 members (excludes halogenated alkanes) is 4. The van der Waals surface area contributed by atoms with Crippen molar-refractivity contribution >= 4 is 0 Å². The van der Waals surface area contributed by atoms with Gasteiger partial charge < -0.3 is 71.1 Å². The maximum atomic E-state index is 5.05. The van der Waals surface area contributed by atoms with E-state index >= 15 is 0 Å². The van der Waals surface area contributed by atoms with Gasteiger partial charge in [0.05, 0.1) is 17.8 Å². The lowest BCUT2D eigenvalue weighted by Gasteiger charge is -2.14. The van der Waals surface area contributed by atoms with Crippen LogP contribution in [0.3, 0.4) is 0 Å². The summed E-state index contributed by atoms with van der Waals surface area (Å²) >= 11 is 0. The second kappa shape index (κ2) is 146. The van der Waals surface area contributed by atoms with Crippen LogP contribution >= 0.6 is 0 Å². The second-order valence-corrected chi connectivity index (χ2v) is 17.9. The highest BCUT2D eigenvalue weighted by Gasteiger charge is 2.04. The molecule has 0 spiro atoms. The lowest BCUT2D eigenvalue weighted by atomic mass is 10.1. The molecule has 0 heterocycles. The van der Waals surface area contributed by atoms with Crippen LogP contribution in [-0.2, 0) is 71.1 Å². The minimum Gasteiger partial charge on any atom is -0.388 e. The molecule has 0 N–H and O–H groups in total. The molecule has 0 aromatic rings. The molecule has 15 heteroatoms. The van der Waals surface area contributed by atoms with E-state index in [1.165, 1.54) is 51.4 Å². The van der Waals surface area contributed by atoms with Crippen molar-refractivity contribution in [2.45, 2.75) is 213 Å². The summed E-state index contributed by atoms with van der Waals surface area (Å²) in [6.45, 7) is 42.7. The van der Waals surface area contributed by atoms with Crippen LogP contribution in [0.5, 0.6) is 0 Å². The molecule has 0 fully saturated rings. The summed E-state index contributed by atoms with van der Waals surface area (Å²) < 4.78 is 69.7. The van der Waals surface area contributed by atoms with E-state index in [2.05, 4.69) is 99.8 Å². The van der Waals surface area contributed by atoms with Gasteiger partial charge in [-0.15, -0.1) is 0 Å². The molecule has 0 amide bonds. The Morgan fingerprint density at radius 3 is 0.645 bits per heavy atom. The largest absolute Gasteiger partial charge is 0.388 e. The monoisotopic (exact) mass is 1130 g/mol. The number of hydrogen-bond donors (Lipinski definition) is 0. The van der Waals surface area contributed by atoms with Crippen LogP contribution in [0.4, 0.5) is 0 Å². The Hall–Kier alpha value is -0.600. The first-order valence-electron chi connectivity index (χ1n) is 28.0. The molecular weight excluding hydrogens is 973 g/mol. The van der Waals surface area contributed by atoms with Crippen LogP contribution in [0, 0.1) is 11.8 Å². The lowest BCUT2D eigenvalue weighted by molar-refractivity contribution is 0.0397. The van der Waals surface area contributed by atoms with Gasteiger partial charge in [-0.1, -0.05) is 102 Å². The molecule has 0 aliphatic heterocycles. The van der Waals surface area contributed by atoms with Crippen molar-refractivity contribution < 1.29 is 71.1 Å². The minimum atomic E-state index is 0.0417. The van der Waals surface area contributed by atoms with Crippen molar-refractivity contribution in [2.75, 3.05) is 188 Å². The highest BCUT2D eigenvalue weighted by molar-refractivity contribution is 4.55. The van der Waals surface area contributed by atoms with Crippen LogP contribution in [0.25, 0.3) is 0 Å². The zero-order chi connectivity index (χ0) is 63.6. The molecule has 0 bridgehead atoms. The molecule has 0 aromatic heterocycles. The Kier molecular flexibility index (Phi) is 220. The van der Waals surface area contributed by atoms with Crippen LogP contribution in [0.2, 0.25) is 0 Å². The predicted molar refractivity (Wildman–Crippen MR) is 337 cm³/mol. The average molecular weight is 1130 g/mol. The van der Waals surface area contributed by atoms with Crippen LogP contribution in [0.1, 0.15) is 195 Å². The molecule has 0 aliphatic rings.